The molecule has 2 aromatic rings. The predicted octanol–water partition coefficient (Wildman–Crippen LogP) is 4.19. The van der Waals surface area contributed by atoms with Crippen LogP contribution < -0.4 is 10.6 Å². The molecule has 1 aliphatic rings. The number of alkyl halides is 3. The topological polar surface area (TPSA) is 41.1 Å². The molecule has 6 heteroatoms. The van der Waals surface area contributed by atoms with Gasteiger partial charge in [-0.2, -0.15) is 13.2 Å². The molecule has 0 radical (unpaired) electrons. The SMILES string of the molecule is Cc1ccc([C@H](C)NC(=O)[C@@H]2CNC[C@H]2c2ccc(C(F)(F)F)cc2)cc1. The Labute approximate surface area is 157 Å². The van der Waals surface area contributed by atoms with Crippen LogP contribution in [0.5, 0.6) is 0 Å². The van der Waals surface area contributed by atoms with Crippen LogP contribution in [0.1, 0.15) is 41.1 Å². The van der Waals surface area contributed by atoms with Gasteiger partial charge in [-0.15, -0.1) is 0 Å². The lowest BCUT2D eigenvalue weighted by atomic mass is 9.87. The van der Waals surface area contributed by atoms with Crippen LogP contribution in [0.4, 0.5) is 13.2 Å². The lowest BCUT2D eigenvalue weighted by Crippen LogP contribution is -2.36. The van der Waals surface area contributed by atoms with Gasteiger partial charge in [0.1, 0.15) is 0 Å². The molecule has 1 amide bonds. The summed E-state index contributed by atoms with van der Waals surface area (Å²) in [6.45, 7) is 5.02. The monoisotopic (exact) mass is 376 g/mol. The molecule has 3 atom stereocenters. The number of hydrogen-bond donors (Lipinski definition) is 2. The molecule has 0 aliphatic carbocycles. The molecular weight excluding hydrogens is 353 g/mol. The number of amides is 1. The van der Waals surface area contributed by atoms with Crippen LogP contribution in [0, 0.1) is 12.8 Å². The molecule has 0 saturated carbocycles. The Hall–Kier alpha value is -2.34. The van der Waals surface area contributed by atoms with E-state index < -0.39 is 11.7 Å². The third-order valence-electron chi connectivity index (χ3n) is 5.15. The Morgan fingerprint density at radius 2 is 1.70 bits per heavy atom. The van der Waals surface area contributed by atoms with Crippen LogP contribution in [0.2, 0.25) is 0 Å². The molecule has 1 heterocycles. The lowest BCUT2D eigenvalue weighted by Gasteiger charge is -2.22. The summed E-state index contributed by atoms with van der Waals surface area (Å²) in [6, 6.07) is 13.0. The number of carbonyl (C=O) groups excluding carboxylic acids is 1. The predicted molar refractivity (Wildman–Crippen MR) is 98.3 cm³/mol. The van der Waals surface area contributed by atoms with Crippen LogP contribution in [-0.4, -0.2) is 19.0 Å². The smallest absolute Gasteiger partial charge is 0.349 e. The summed E-state index contributed by atoms with van der Waals surface area (Å²) in [4.78, 5) is 12.8. The summed E-state index contributed by atoms with van der Waals surface area (Å²) in [5.41, 5.74) is 2.24. The first-order chi connectivity index (χ1) is 12.8. The Bertz CT molecular complexity index is 785. The van der Waals surface area contributed by atoms with Gasteiger partial charge in [0.2, 0.25) is 5.91 Å². The van der Waals surface area contributed by atoms with E-state index in [-0.39, 0.29) is 23.8 Å². The normalized spacial score (nSPS) is 21.1. The van der Waals surface area contributed by atoms with Gasteiger partial charge in [0, 0.05) is 19.0 Å². The van der Waals surface area contributed by atoms with Gasteiger partial charge in [-0.3, -0.25) is 4.79 Å². The second-order valence-corrected chi connectivity index (χ2v) is 7.13. The molecule has 2 N–H and O–H groups in total. The quantitative estimate of drug-likeness (QED) is 0.840. The average Bonchev–Trinajstić information content (AvgIpc) is 3.11. The van der Waals surface area contributed by atoms with Crippen LogP contribution in [0.3, 0.4) is 0 Å². The number of carbonyl (C=O) groups is 1. The van der Waals surface area contributed by atoms with E-state index in [1.165, 1.54) is 12.1 Å². The average molecular weight is 376 g/mol. The van der Waals surface area contributed by atoms with Crippen molar-refractivity contribution in [3.8, 4) is 0 Å². The van der Waals surface area contributed by atoms with Crippen LogP contribution >= 0.6 is 0 Å². The summed E-state index contributed by atoms with van der Waals surface area (Å²) in [5, 5.41) is 6.22. The number of nitrogens with one attached hydrogen (secondary N) is 2. The maximum Gasteiger partial charge on any atom is 0.416 e. The summed E-state index contributed by atoms with van der Waals surface area (Å²) < 4.78 is 38.3. The second-order valence-electron chi connectivity index (χ2n) is 7.13. The first-order valence-electron chi connectivity index (χ1n) is 9.00. The van der Waals surface area contributed by atoms with Crippen molar-refractivity contribution in [3.63, 3.8) is 0 Å². The van der Waals surface area contributed by atoms with Crippen molar-refractivity contribution in [2.75, 3.05) is 13.1 Å². The minimum atomic E-state index is -4.35. The third kappa shape index (κ3) is 4.50. The molecule has 2 aromatic carbocycles. The molecule has 1 aliphatic heterocycles. The minimum absolute atomic E-state index is 0.0852. The largest absolute Gasteiger partial charge is 0.416 e. The van der Waals surface area contributed by atoms with Crippen molar-refractivity contribution in [1.29, 1.82) is 0 Å². The molecule has 3 nitrogen and oxygen atoms in total. The summed E-state index contributed by atoms with van der Waals surface area (Å²) in [5.74, 6) is -0.537. The van der Waals surface area contributed by atoms with E-state index in [0.29, 0.717) is 13.1 Å². The fourth-order valence-electron chi connectivity index (χ4n) is 3.48. The highest BCUT2D eigenvalue weighted by Crippen LogP contribution is 2.33. The zero-order valence-electron chi connectivity index (χ0n) is 15.3. The number of rotatable bonds is 4. The van der Waals surface area contributed by atoms with Crippen molar-refractivity contribution in [2.24, 2.45) is 5.92 Å². The Kier molecular flexibility index (Phi) is 5.56. The van der Waals surface area contributed by atoms with Crippen LogP contribution in [-0.2, 0) is 11.0 Å². The van der Waals surface area contributed by atoms with Gasteiger partial charge in [-0.05, 0) is 37.1 Å². The molecule has 3 rings (SSSR count). The highest BCUT2D eigenvalue weighted by Gasteiger charge is 2.35. The van der Waals surface area contributed by atoms with Gasteiger partial charge in [0.05, 0.1) is 17.5 Å². The molecule has 0 unspecified atom stereocenters. The van der Waals surface area contributed by atoms with Crippen molar-refractivity contribution in [2.45, 2.75) is 32.0 Å². The Balaban J connectivity index is 1.70. The molecular formula is C21H23F3N2O. The van der Waals surface area contributed by atoms with Gasteiger partial charge in [-0.1, -0.05) is 42.0 Å². The van der Waals surface area contributed by atoms with Crippen molar-refractivity contribution in [3.05, 3.63) is 70.8 Å². The van der Waals surface area contributed by atoms with Gasteiger partial charge in [0.15, 0.2) is 0 Å². The fourth-order valence-corrected chi connectivity index (χ4v) is 3.48. The van der Waals surface area contributed by atoms with E-state index in [1.54, 1.807) is 0 Å². The highest BCUT2D eigenvalue weighted by atomic mass is 19.4. The second kappa shape index (κ2) is 7.72. The summed E-state index contributed by atoms with van der Waals surface area (Å²) in [7, 11) is 0. The number of benzene rings is 2. The van der Waals surface area contributed by atoms with Crippen molar-refractivity contribution >= 4 is 5.91 Å². The molecule has 1 fully saturated rings. The molecule has 144 valence electrons. The molecule has 27 heavy (non-hydrogen) atoms. The molecule has 0 bridgehead atoms. The number of hydrogen-bond acceptors (Lipinski definition) is 2. The minimum Gasteiger partial charge on any atom is -0.349 e. The maximum atomic E-state index is 12.8. The Morgan fingerprint density at radius 3 is 2.30 bits per heavy atom. The zero-order chi connectivity index (χ0) is 19.6. The fraction of sp³-hybridized carbons (Fsp3) is 0.381. The van der Waals surface area contributed by atoms with Crippen molar-refractivity contribution < 1.29 is 18.0 Å². The first-order valence-corrected chi connectivity index (χ1v) is 9.00. The lowest BCUT2D eigenvalue weighted by molar-refractivity contribution is -0.137. The molecule has 0 aromatic heterocycles. The zero-order valence-corrected chi connectivity index (χ0v) is 15.3. The van der Waals surface area contributed by atoms with E-state index in [2.05, 4.69) is 10.6 Å². The Morgan fingerprint density at radius 1 is 1.07 bits per heavy atom. The van der Waals surface area contributed by atoms with Gasteiger partial charge in [-0.25, -0.2) is 0 Å². The summed E-state index contributed by atoms with van der Waals surface area (Å²) >= 11 is 0. The van der Waals surface area contributed by atoms with Crippen LogP contribution in [0.15, 0.2) is 48.5 Å². The van der Waals surface area contributed by atoms with Crippen molar-refractivity contribution in [1.82, 2.24) is 10.6 Å². The van der Waals surface area contributed by atoms with E-state index in [0.717, 1.165) is 28.8 Å². The van der Waals surface area contributed by atoms with E-state index in [9.17, 15) is 18.0 Å². The first kappa shape index (κ1) is 19.4. The molecule has 1 saturated heterocycles. The number of aryl methyl sites for hydroxylation is 1. The highest BCUT2D eigenvalue weighted by molar-refractivity contribution is 5.81. The third-order valence-corrected chi connectivity index (χ3v) is 5.15. The van der Waals surface area contributed by atoms with Gasteiger partial charge < -0.3 is 10.6 Å². The number of halogens is 3. The van der Waals surface area contributed by atoms with E-state index in [4.69, 9.17) is 0 Å². The van der Waals surface area contributed by atoms with Gasteiger partial charge >= 0.3 is 6.18 Å². The maximum absolute atomic E-state index is 12.8. The standard InChI is InChI=1S/C21H23F3N2O/c1-13-3-5-15(6-4-13)14(2)26-20(27)19-12-25-11-18(19)16-7-9-17(10-8-16)21(22,23)24/h3-10,14,18-19,25H,11-12H2,1-2H3,(H,26,27)/t14-,18-,19+/m0/s1. The summed E-state index contributed by atoms with van der Waals surface area (Å²) in [6.07, 6.45) is -4.35. The van der Waals surface area contributed by atoms with E-state index >= 15 is 0 Å². The molecule has 0 spiro atoms. The van der Waals surface area contributed by atoms with E-state index in [1.807, 2.05) is 38.1 Å². The van der Waals surface area contributed by atoms with Crippen LogP contribution in [0.25, 0.3) is 0 Å². The van der Waals surface area contributed by atoms with Gasteiger partial charge in [0.25, 0.3) is 0 Å².